The van der Waals surface area contributed by atoms with Crippen LogP contribution in [0.5, 0.6) is 0 Å². The van der Waals surface area contributed by atoms with Crippen molar-refractivity contribution in [2.24, 2.45) is 0 Å². The lowest BCUT2D eigenvalue weighted by Gasteiger charge is -2.21. The maximum Gasteiger partial charge on any atom is 0.235 e. The molecule has 10 rings (SSSR count). The lowest BCUT2D eigenvalue weighted by Crippen LogP contribution is -2.15. The minimum atomic E-state index is -0.271. The quantitative estimate of drug-likeness (QED) is 0.205. The van der Waals surface area contributed by atoms with Crippen LogP contribution in [0.25, 0.3) is 83.0 Å². The summed E-state index contributed by atoms with van der Waals surface area (Å²) < 4.78 is 9.14. The molecule has 4 heteroatoms. The van der Waals surface area contributed by atoms with Crippen LogP contribution in [-0.4, -0.2) is 14.5 Å². The van der Waals surface area contributed by atoms with Gasteiger partial charge in [-0.15, -0.1) is 0 Å². The molecule has 0 radical (unpaired) electrons. The predicted molar refractivity (Wildman–Crippen MR) is 184 cm³/mol. The Kier molecular flexibility index (Phi) is 4.76. The van der Waals surface area contributed by atoms with Crippen molar-refractivity contribution in [2.75, 3.05) is 0 Å². The van der Waals surface area contributed by atoms with Gasteiger partial charge in [0.25, 0.3) is 0 Å². The molecule has 0 N–H and O–H groups in total. The van der Waals surface area contributed by atoms with E-state index in [0.717, 1.165) is 60.5 Å². The van der Waals surface area contributed by atoms with E-state index >= 15 is 0 Å². The van der Waals surface area contributed by atoms with Crippen molar-refractivity contribution in [1.29, 1.82) is 0 Å². The van der Waals surface area contributed by atoms with Gasteiger partial charge in [-0.2, -0.15) is 0 Å². The summed E-state index contributed by atoms with van der Waals surface area (Å²) in [5.41, 5.74) is 11.7. The molecule has 0 fully saturated rings. The first kappa shape index (κ1) is 24.7. The molecule has 0 spiro atoms. The third-order valence-corrected chi connectivity index (χ3v) is 9.77. The maximum atomic E-state index is 6.83. The fourth-order valence-electron chi connectivity index (χ4n) is 7.86. The zero-order valence-corrected chi connectivity index (χ0v) is 24.9. The van der Waals surface area contributed by atoms with Crippen molar-refractivity contribution < 1.29 is 4.42 Å². The molecule has 6 aromatic carbocycles. The lowest BCUT2D eigenvalue weighted by molar-refractivity contribution is 0.620. The molecule has 0 aliphatic heterocycles. The molecule has 1 aliphatic rings. The Balaban J connectivity index is 1.48. The minimum Gasteiger partial charge on any atom is -0.456 e. The van der Waals surface area contributed by atoms with Crippen LogP contribution < -0.4 is 0 Å². The van der Waals surface area contributed by atoms with E-state index in [2.05, 4.69) is 140 Å². The van der Waals surface area contributed by atoms with Gasteiger partial charge in [-0.1, -0.05) is 123 Å². The molecule has 0 saturated carbocycles. The predicted octanol–water partition coefficient (Wildman–Crippen LogP) is 10.6. The Morgan fingerprint density at radius 3 is 2.18 bits per heavy atom. The number of benzene rings is 6. The molecule has 3 heterocycles. The Labute approximate surface area is 259 Å². The van der Waals surface area contributed by atoms with E-state index in [-0.39, 0.29) is 5.41 Å². The number of hydrogen-bond donors (Lipinski definition) is 0. The fraction of sp³-hybridized carbons (Fsp3) is 0.0732. The summed E-state index contributed by atoms with van der Waals surface area (Å²) in [6, 6.07) is 44.7. The van der Waals surface area contributed by atoms with Gasteiger partial charge in [-0.25, -0.2) is 9.97 Å². The van der Waals surface area contributed by atoms with Gasteiger partial charge in [0.15, 0.2) is 0 Å². The van der Waals surface area contributed by atoms with Crippen LogP contribution in [0.3, 0.4) is 0 Å². The molecular weight excluding hydrogens is 550 g/mol. The van der Waals surface area contributed by atoms with Gasteiger partial charge in [-0.05, 0) is 29.3 Å². The van der Waals surface area contributed by atoms with Gasteiger partial charge in [0.2, 0.25) is 5.95 Å². The summed E-state index contributed by atoms with van der Waals surface area (Å²) in [5, 5.41) is 5.65. The van der Waals surface area contributed by atoms with Crippen molar-refractivity contribution in [3.05, 3.63) is 139 Å². The normalized spacial score (nSPS) is 13.7. The van der Waals surface area contributed by atoms with Crippen molar-refractivity contribution in [1.82, 2.24) is 14.5 Å². The highest BCUT2D eigenvalue weighted by molar-refractivity contribution is 6.32. The summed E-state index contributed by atoms with van der Waals surface area (Å²) in [4.78, 5) is 10.7. The summed E-state index contributed by atoms with van der Waals surface area (Å²) >= 11 is 0. The molecule has 4 nitrogen and oxygen atoms in total. The van der Waals surface area contributed by atoms with E-state index < -0.39 is 0 Å². The van der Waals surface area contributed by atoms with E-state index in [1.165, 1.54) is 27.6 Å². The molecule has 212 valence electrons. The second-order valence-electron chi connectivity index (χ2n) is 12.6. The number of para-hydroxylation sites is 3. The average Bonchev–Trinajstić information content (AvgIpc) is 3.70. The summed E-state index contributed by atoms with van der Waals surface area (Å²) in [5.74, 6) is 0.662. The number of nitrogens with zero attached hydrogens (tertiary/aromatic N) is 3. The molecule has 0 atom stereocenters. The van der Waals surface area contributed by atoms with Gasteiger partial charge in [0.05, 0.1) is 22.2 Å². The Morgan fingerprint density at radius 2 is 1.31 bits per heavy atom. The van der Waals surface area contributed by atoms with Crippen molar-refractivity contribution in [3.63, 3.8) is 0 Å². The van der Waals surface area contributed by atoms with Crippen LogP contribution in [0.4, 0.5) is 0 Å². The van der Waals surface area contributed by atoms with Crippen LogP contribution in [0.1, 0.15) is 25.0 Å². The standard InChI is InChI=1S/C41H27N3O/c1-41(2)29-20-10-6-16-25(29)35-36(41)39-34(28-19-9-13-23-32(28)45-39)33-27-18-8-12-22-31(27)44(38(33)35)40-42-30-21-11-7-17-26(30)37(43-40)24-14-4-3-5-15-24/h3-23H,1-2H3. The lowest BCUT2D eigenvalue weighted by atomic mass is 9.81. The topological polar surface area (TPSA) is 43.9 Å². The van der Waals surface area contributed by atoms with Crippen LogP contribution >= 0.6 is 0 Å². The number of rotatable bonds is 2. The maximum absolute atomic E-state index is 6.83. The summed E-state index contributed by atoms with van der Waals surface area (Å²) in [7, 11) is 0. The molecule has 0 bridgehead atoms. The molecule has 45 heavy (non-hydrogen) atoms. The minimum absolute atomic E-state index is 0.271. The van der Waals surface area contributed by atoms with E-state index in [9.17, 15) is 0 Å². The van der Waals surface area contributed by atoms with E-state index in [0.29, 0.717) is 5.95 Å². The molecule has 1 aliphatic carbocycles. The zero-order chi connectivity index (χ0) is 29.9. The van der Waals surface area contributed by atoms with Gasteiger partial charge in [0, 0.05) is 49.0 Å². The van der Waals surface area contributed by atoms with Gasteiger partial charge < -0.3 is 4.42 Å². The Bertz CT molecular complexity index is 2680. The third-order valence-electron chi connectivity index (χ3n) is 9.77. The van der Waals surface area contributed by atoms with Crippen LogP contribution in [0.15, 0.2) is 132 Å². The monoisotopic (exact) mass is 577 g/mol. The number of hydrogen-bond acceptors (Lipinski definition) is 3. The molecule has 0 saturated heterocycles. The first-order valence-electron chi connectivity index (χ1n) is 15.4. The fourth-order valence-corrected chi connectivity index (χ4v) is 7.86. The molecule has 0 unspecified atom stereocenters. The largest absolute Gasteiger partial charge is 0.456 e. The van der Waals surface area contributed by atoms with Crippen molar-refractivity contribution >= 4 is 54.6 Å². The molecule has 9 aromatic rings. The number of aromatic nitrogens is 3. The molecule has 0 amide bonds. The van der Waals surface area contributed by atoms with Crippen molar-refractivity contribution in [2.45, 2.75) is 19.3 Å². The Hall–Kier alpha value is -5.74. The zero-order valence-electron chi connectivity index (χ0n) is 24.9. The number of fused-ring (bicyclic) bond motifs is 13. The third kappa shape index (κ3) is 3.16. The van der Waals surface area contributed by atoms with Crippen LogP contribution in [0, 0.1) is 0 Å². The van der Waals surface area contributed by atoms with Gasteiger partial charge >= 0.3 is 0 Å². The van der Waals surface area contributed by atoms with Crippen LogP contribution in [-0.2, 0) is 5.41 Å². The van der Waals surface area contributed by atoms with E-state index in [1.807, 2.05) is 6.07 Å². The second-order valence-corrected chi connectivity index (χ2v) is 12.6. The van der Waals surface area contributed by atoms with Gasteiger partial charge in [-0.3, -0.25) is 4.57 Å². The summed E-state index contributed by atoms with van der Waals surface area (Å²) in [6.07, 6.45) is 0. The van der Waals surface area contributed by atoms with Gasteiger partial charge in [0.1, 0.15) is 11.2 Å². The van der Waals surface area contributed by atoms with Crippen molar-refractivity contribution in [3.8, 4) is 28.3 Å². The second kappa shape index (κ2) is 8.67. The van der Waals surface area contributed by atoms with Crippen LogP contribution in [0.2, 0.25) is 0 Å². The number of furan rings is 1. The summed E-state index contributed by atoms with van der Waals surface area (Å²) in [6.45, 7) is 4.65. The Morgan fingerprint density at radius 1 is 0.622 bits per heavy atom. The highest BCUT2D eigenvalue weighted by Crippen LogP contribution is 2.57. The smallest absolute Gasteiger partial charge is 0.235 e. The van der Waals surface area contributed by atoms with E-state index in [1.54, 1.807) is 0 Å². The molecule has 3 aromatic heterocycles. The first-order chi connectivity index (χ1) is 22.1. The highest BCUT2D eigenvalue weighted by atomic mass is 16.3. The first-order valence-corrected chi connectivity index (χ1v) is 15.4. The SMILES string of the molecule is CC1(C)c2ccccc2-c2c1c1oc3ccccc3c1c1c3ccccc3n(-c3nc(-c4ccccc4)c4ccccc4n3)c21. The molecular formula is C41H27N3O. The van der Waals surface area contributed by atoms with E-state index in [4.69, 9.17) is 14.4 Å². The highest BCUT2D eigenvalue weighted by Gasteiger charge is 2.41. The average molecular weight is 578 g/mol.